The number of rotatable bonds is 6. The highest BCUT2D eigenvalue weighted by atomic mass is 16.5. The Balaban J connectivity index is 1.63. The van der Waals surface area contributed by atoms with Gasteiger partial charge in [-0.05, 0) is 36.2 Å². The second-order valence-corrected chi connectivity index (χ2v) is 5.29. The van der Waals surface area contributed by atoms with Gasteiger partial charge in [0.2, 0.25) is 0 Å². The molecule has 0 fully saturated rings. The van der Waals surface area contributed by atoms with Crippen LogP contribution in [0.1, 0.15) is 11.1 Å². The minimum atomic E-state index is -0.259. The minimum Gasteiger partial charge on any atom is -0.497 e. The van der Waals surface area contributed by atoms with Crippen molar-refractivity contribution in [3.63, 3.8) is 0 Å². The number of benzene rings is 2. The van der Waals surface area contributed by atoms with E-state index < -0.39 is 0 Å². The summed E-state index contributed by atoms with van der Waals surface area (Å²) < 4.78 is 10.6. The van der Waals surface area contributed by atoms with Crippen LogP contribution in [0.4, 0.5) is 4.79 Å². The molecule has 5 nitrogen and oxygen atoms in total. The molecule has 0 unspecified atom stereocenters. The number of methoxy groups -OCH3 is 1. The first-order valence-electron chi connectivity index (χ1n) is 7.98. The van der Waals surface area contributed by atoms with E-state index in [1.165, 1.54) is 0 Å². The predicted octanol–water partition coefficient (Wildman–Crippen LogP) is 2.89. The SMILES string of the molecule is COc1ccc(CNC(=O)NCC#CCOc2ccccc2C)cc1. The van der Waals surface area contributed by atoms with E-state index >= 15 is 0 Å². The Kier molecular flexibility index (Phi) is 7.20. The largest absolute Gasteiger partial charge is 0.497 e. The third kappa shape index (κ3) is 6.48. The van der Waals surface area contributed by atoms with Gasteiger partial charge in [-0.15, -0.1) is 0 Å². The maximum Gasteiger partial charge on any atom is 0.315 e. The molecule has 25 heavy (non-hydrogen) atoms. The van der Waals surface area contributed by atoms with Gasteiger partial charge in [0.15, 0.2) is 0 Å². The summed E-state index contributed by atoms with van der Waals surface area (Å²) in [6.45, 7) is 2.99. The summed E-state index contributed by atoms with van der Waals surface area (Å²) in [5.74, 6) is 7.34. The molecule has 2 aromatic rings. The molecule has 2 rings (SSSR count). The molecule has 0 radical (unpaired) electrons. The maximum atomic E-state index is 11.7. The summed E-state index contributed by atoms with van der Waals surface area (Å²) in [6.07, 6.45) is 0. The van der Waals surface area contributed by atoms with Gasteiger partial charge in [0, 0.05) is 6.54 Å². The molecule has 0 aromatic heterocycles. The van der Waals surface area contributed by atoms with Crippen LogP contribution in [0.2, 0.25) is 0 Å². The Morgan fingerprint density at radius 3 is 2.52 bits per heavy atom. The highest BCUT2D eigenvalue weighted by molar-refractivity contribution is 5.74. The van der Waals surface area contributed by atoms with E-state index in [0.717, 1.165) is 22.6 Å². The molecule has 0 aliphatic rings. The van der Waals surface area contributed by atoms with Crippen LogP contribution < -0.4 is 20.1 Å². The number of hydrogen-bond acceptors (Lipinski definition) is 3. The van der Waals surface area contributed by atoms with Crippen LogP contribution in [-0.2, 0) is 6.54 Å². The van der Waals surface area contributed by atoms with Crippen LogP contribution >= 0.6 is 0 Å². The lowest BCUT2D eigenvalue weighted by molar-refractivity contribution is 0.241. The average Bonchev–Trinajstić information content (AvgIpc) is 2.64. The van der Waals surface area contributed by atoms with E-state index in [2.05, 4.69) is 22.5 Å². The number of urea groups is 1. The lowest BCUT2D eigenvalue weighted by Crippen LogP contribution is -2.35. The first kappa shape index (κ1) is 18.2. The van der Waals surface area contributed by atoms with Gasteiger partial charge in [-0.1, -0.05) is 42.2 Å². The maximum absolute atomic E-state index is 11.7. The van der Waals surface area contributed by atoms with Gasteiger partial charge in [-0.3, -0.25) is 0 Å². The molecule has 5 heteroatoms. The van der Waals surface area contributed by atoms with Crippen molar-refractivity contribution in [2.75, 3.05) is 20.3 Å². The van der Waals surface area contributed by atoms with Crippen molar-refractivity contribution in [2.45, 2.75) is 13.5 Å². The van der Waals surface area contributed by atoms with E-state index in [-0.39, 0.29) is 12.6 Å². The fourth-order valence-electron chi connectivity index (χ4n) is 2.06. The standard InChI is InChI=1S/C20H22N2O3/c1-16-7-3-4-8-19(16)25-14-6-5-13-21-20(23)22-15-17-9-11-18(24-2)12-10-17/h3-4,7-12H,13-15H2,1-2H3,(H2,21,22,23). The van der Waals surface area contributed by atoms with Crippen molar-refractivity contribution in [3.8, 4) is 23.3 Å². The summed E-state index contributed by atoms with van der Waals surface area (Å²) in [5.41, 5.74) is 2.06. The van der Waals surface area contributed by atoms with E-state index in [9.17, 15) is 4.79 Å². The number of para-hydroxylation sites is 1. The zero-order valence-corrected chi connectivity index (χ0v) is 14.5. The highest BCUT2D eigenvalue weighted by Gasteiger charge is 1.99. The second kappa shape index (κ2) is 9.89. The summed E-state index contributed by atoms with van der Waals surface area (Å²) in [4.78, 5) is 11.7. The fraction of sp³-hybridized carbons (Fsp3) is 0.250. The van der Waals surface area contributed by atoms with E-state index in [0.29, 0.717) is 13.2 Å². The van der Waals surface area contributed by atoms with E-state index in [1.807, 2.05) is 55.5 Å². The number of hydrogen-bond donors (Lipinski definition) is 2. The molecular formula is C20H22N2O3. The number of amides is 2. The monoisotopic (exact) mass is 338 g/mol. The molecule has 2 amide bonds. The Labute approximate surface area is 148 Å². The first-order chi connectivity index (χ1) is 12.2. The highest BCUT2D eigenvalue weighted by Crippen LogP contribution is 2.15. The zero-order valence-electron chi connectivity index (χ0n) is 14.5. The Bertz CT molecular complexity index is 746. The molecule has 0 saturated carbocycles. The molecule has 0 heterocycles. The Morgan fingerprint density at radius 1 is 1.04 bits per heavy atom. The molecule has 0 aliphatic carbocycles. The third-order valence-corrected chi connectivity index (χ3v) is 3.47. The third-order valence-electron chi connectivity index (χ3n) is 3.47. The van der Waals surface area contributed by atoms with Gasteiger partial charge >= 0.3 is 6.03 Å². The summed E-state index contributed by atoms with van der Waals surface area (Å²) in [7, 11) is 1.62. The lowest BCUT2D eigenvalue weighted by Gasteiger charge is -2.06. The summed E-state index contributed by atoms with van der Waals surface area (Å²) in [5, 5.41) is 5.45. The topological polar surface area (TPSA) is 59.6 Å². The molecule has 0 aliphatic heterocycles. The zero-order chi connectivity index (χ0) is 17.9. The van der Waals surface area contributed by atoms with Crippen molar-refractivity contribution in [1.82, 2.24) is 10.6 Å². The molecule has 2 aromatic carbocycles. The molecule has 0 spiro atoms. The predicted molar refractivity (Wildman–Crippen MR) is 97.7 cm³/mol. The van der Waals surface area contributed by atoms with Crippen molar-refractivity contribution in [1.29, 1.82) is 0 Å². The van der Waals surface area contributed by atoms with Crippen LogP contribution in [0.3, 0.4) is 0 Å². The van der Waals surface area contributed by atoms with Crippen molar-refractivity contribution in [2.24, 2.45) is 0 Å². The smallest absolute Gasteiger partial charge is 0.315 e. The van der Waals surface area contributed by atoms with Gasteiger partial charge < -0.3 is 20.1 Å². The fourth-order valence-corrected chi connectivity index (χ4v) is 2.06. The van der Waals surface area contributed by atoms with Crippen LogP contribution in [0.25, 0.3) is 0 Å². The Morgan fingerprint density at radius 2 is 1.80 bits per heavy atom. The van der Waals surface area contributed by atoms with E-state index in [1.54, 1.807) is 7.11 Å². The normalized spacial score (nSPS) is 9.52. The summed E-state index contributed by atoms with van der Waals surface area (Å²) >= 11 is 0. The molecular weight excluding hydrogens is 316 g/mol. The number of carbonyl (C=O) groups is 1. The lowest BCUT2D eigenvalue weighted by atomic mass is 10.2. The van der Waals surface area contributed by atoms with Crippen LogP contribution in [0.15, 0.2) is 48.5 Å². The van der Waals surface area contributed by atoms with Crippen LogP contribution in [0, 0.1) is 18.8 Å². The molecule has 0 bridgehead atoms. The van der Waals surface area contributed by atoms with Crippen molar-refractivity contribution in [3.05, 3.63) is 59.7 Å². The number of carbonyl (C=O) groups excluding carboxylic acids is 1. The van der Waals surface area contributed by atoms with Gasteiger partial charge in [-0.2, -0.15) is 0 Å². The van der Waals surface area contributed by atoms with Crippen molar-refractivity contribution >= 4 is 6.03 Å². The number of ether oxygens (including phenoxy) is 2. The first-order valence-corrected chi connectivity index (χ1v) is 7.98. The van der Waals surface area contributed by atoms with Gasteiger partial charge in [-0.25, -0.2) is 4.79 Å². The number of aryl methyl sites for hydroxylation is 1. The quantitative estimate of drug-likeness (QED) is 0.796. The summed E-state index contributed by atoms with van der Waals surface area (Å²) in [6, 6.07) is 15.0. The van der Waals surface area contributed by atoms with Crippen LogP contribution in [-0.4, -0.2) is 26.3 Å². The van der Waals surface area contributed by atoms with Gasteiger partial charge in [0.1, 0.15) is 18.1 Å². The molecule has 0 saturated heterocycles. The Hall–Kier alpha value is -3.13. The molecule has 0 atom stereocenters. The average molecular weight is 338 g/mol. The van der Waals surface area contributed by atoms with Gasteiger partial charge in [0.05, 0.1) is 13.7 Å². The van der Waals surface area contributed by atoms with Gasteiger partial charge in [0.25, 0.3) is 0 Å². The molecule has 130 valence electrons. The second-order valence-electron chi connectivity index (χ2n) is 5.29. The minimum absolute atomic E-state index is 0.259. The number of nitrogens with one attached hydrogen (secondary N) is 2. The van der Waals surface area contributed by atoms with Crippen LogP contribution in [0.5, 0.6) is 11.5 Å². The van der Waals surface area contributed by atoms with Crippen molar-refractivity contribution < 1.29 is 14.3 Å². The molecule has 2 N–H and O–H groups in total. The van der Waals surface area contributed by atoms with E-state index in [4.69, 9.17) is 9.47 Å².